The standard InChI is InChI=1S/C7H2BrCl2FO/c8-4-1-5(9)7(11)3(2-12)6(4)10/h1-2H. The average Bonchev–Trinajstić information content (AvgIpc) is 2.02. The normalized spacial score (nSPS) is 10.0. The van der Waals surface area contributed by atoms with Crippen molar-refractivity contribution in [1.29, 1.82) is 0 Å². The van der Waals surface area contributed by atoms with Gasteiger partial charge in [0.25, 0.3) is 0 Å². The molecule has 0 N–H and O–H groups in total. The lowest BCUT2D eigenvalue weighted by atomic mass is 10.2. The third-order valence-corrected chi connectivity index (χ3v) is 2.80. The molecule has 0 aliphatic rings. The van der Waals surface area contributed by atoms with Crippen molar-refractivity contribution in [3.63, 3.8) is 0 Å². The van der Waals surface area contributed by atoms with E-state index in [4.69, 9.17) is 23.2 Å². The van der Waals surface area contributed by atoms with Crippen LogP contribution in [0.5, 0.6) is 0 Å². The molecular weight excluding hydrogens is 270 g/mol. The van der Waals surface area contributed by atoms with Crippen LogP contribution in [0.25, 0.3) is 0 Å². The van der Waals surface area contributed by atoms with Gasteiger partial charge in [-0.3, -0.25) is 4.79 Å². The highest BCUT2D eigenvalue weighted by molar-refractivity contribution is 9.10. The highest BCUT2D eigenvalue weighted by atomic mass is 79.9. The van der Waals surface area contributed by atoms with Gasteiger partial charge in [-0.25, -0.2) is 4.39 Å². The van der Waals surface area contributed by atoms with Gasteiger partial charge in [-0.2, -0.15) is 0 Å². The van der Waals surface area contributed by atoms with Gasteiger partial charge in [-0.15, -0.1) is 0 Å². The van der Waals surface area contributed by atoms with E-state index in [1.807, 2.05) is 0 Å². The molecule has 0 radical (unpaired) electrons. The first-order valence-corrected chi connectivity index (χ1v) is 4.41. The Morgan fingerprint density at radius 2 is 2.08 bits per heavy atom. The molecule has 0 aliphatic carbocycles. The molecule has 0 saturated carbocycles. The van der Waals surface area contributed by atoms with Crippen LogP contribution in [0.4, 0.5) is 4.39 Å². The lowest BCUT2D eigenvalue weighted by Crippen LogP contribution is -1.91. The van der Waals surface area contributed by atoms with E-state index in [9.17, 15) is 9.18 Å². The Balaban J connectivity index is 3.52. The second-order valence-electron chi connectivity index (χ2n) is 2.00. The molecule has 0 spiro atoms. The number of halogens is 4. The van der Waals surface area contributed by atoms with Gasteiger partial charge in [0.05, 0.1) is 15.6 Å². The minimum Gasteiger partial charge on any atom is -0.298 e. The van der Waals surface area contributed by atoms with Gasteiger partial charge in [0.15, 0.2) is 12.1 Å². The van der Waals surface area contributed by atoms with E-state index >= 15 is 0 Å². The van der Waals surface area contributed by atoms with Crippen molar-refractivity contribution in [1.82, 2.24) is 0 Å². The van der Waals surface area contributed by atoms with Crippen molar-refractivity contribution in [2.75, 3.05) is 0 Å². The SMILES string of the molecule is O=Cc1c(F)c(Cl)cc(Br)c1Cl. The zero-order valence-electron chi connectivity index (χ0n) is 5.57. The summed E-state index contributed by atoms with van der Waals surface area (Å²) in [6, 6.07) is 1.30. The molecule has 0 amide bonds. The Kier molecular flexibility index (Phi) is 3.09. The van der Waals surface area contributed by atoms with E-state index in [1.165, 1.54) is 6.07 Å². The van der Waals surface area contributed by atoms with Crippen molar-refractivity contribution in [2.45, 2.75) is 0 Å². The Morgan fingerprint density at radius 3 is 2.58 bits per heavy atom. The minimum absolute atomic E-state index is 0.0342. The van der Waals surface area contributed by atoms with Crippen LogP contribution in [0.2, 0.25) is 10.0 Å². The largest absolute Gasteiger partial charge is 0.298 e. The van der Waals surface area contributed by atoms with Crippen LogP contribution in [0.15, 0.2) is 10.5 Å². The second-order valence-corrected chi connectivity index (χ2v) is 3.64. The Bertz CT molecular complexity index is 314. The molecule has 0 fully saturated rings. The second kappa shape index (κ2) is 3.73. The number of carbonyl (C=O) groups excluding carboxylic acids is 1. The number of benzene rings is 1. The van der Waals surface area contributed by atoms with Crippen molar-refractivity contribution in [3.8, 4) is 0 Å². The zero-order chi connectivity index (χ0) is 9.30. The van der Waals surface area contributed by atoms with Crippen LogP contribution in [-0.4, -0.2) is 6.29 Å². The van der Waals surface area contributed by atoms with Gasteiger partial charge in [0.2, 0.25) is 0 Å². The molecule has 0 atom stereocenters. The Hall–Kier alpha value is -0.120. The fourth-order valence-electron chi connectivity index (χ4n) is 0.695. The van der Waals surface area contributed by atoms with E-state index in [0.717, 1.165) is 0 Å². The van der Waals surface area contributed by atoms with E-state index in [1.54, 1.807) is 0 Å². The van der Waals surface area contributed by atoms with E-state index in [2.05, 4.69) is 15.9 Å². The van der Waals surface area contributed by atoms with Gasteiger partial charge < -0.3 is 0 Å². The van der Waals surface area contributed by atoms with E-state index in [0.29, 0.717) is 10.8 Å². The minimum atomic E-state index is -0.792. The van der Waals surface area contributed by atoms with Crippen molar-refractivity contribution in [3.05, 3.63) is 32.0 Å². The molecule has 5 heteroatoms. The monoisotopic (exact) mass is 270 g/mol. The number of carbonyl (C=O) groups is 1. The van der Waals surface area contributed by atoms with E-state index < -0.39 is 5.82 Å². The number of hydrogen-bond acceptors (Lipinski definition) is 1. The smallest absolute Gasteiger partial charge is 0.154 e. The highest BCUT2D eigenvalue weighted by Crippen LogP contribution is 2.31. The summed E-state index contributed by atoms with van der Waals surface area (Å²) >= 11 is 14.1. The first-order chi connectivity index (χ1) is 5.57. The summed E-state index contributed by atoms with van der Waals surface area (Å²) in [7, 11) is 0. The quantitative estimate of drug-likeness (QED) is 0.562. The summed E-state index contributed by atoms with van der Waals surface area (Å²) in [6.07, 6.45) is 0.328. The Morgan fingerprint density at radius 1 is 1.50 bits per heavy atom. The van der Waals surface area contributed by atoms with Gasteiger partial charge in [0.1, 0.15) is 0 Å². The lowest BCUT2D eigenvalue weighted by molar-refractivity contribution is 0.112. The molecule has 64 valence electrons. The highest BCUT2D eigenvalue weighted by Gasteiger charge is 2.13. The molecule has 1 nitrogen and oxygen atoms in total. The van der Waals surface area contributed by atoms with Crippen LogP contribution in [0.3, 0.4) is 0 Å². The summed E-state index contributed by atoms with van der Waals surface area (Å²) < 4.78 is 13.4. The molecule has 12 heavy (non-hydrogen) atoms. The van der Waals surface area contributed by atoms with Crippen molar-refractivity contribution >= 4 is 45.4 Å². The molecule has 0 bridgehead atoms. The fraction of sp³-hybridized carbons (Fsp3) is 0. The predicted molar refractivity (Wildman–Crippen MR) is 49.5 cm³/mol. The summed E-state index contributed by atoms with van der Waals surface area (Å²) in [5.74, 6) is -0.792. The van der Waals surface area contributed by atoms with Gasteiger partial charge in [0, 0.05) is 4.47 Å². The predicted octanol–water partition coefficient (Wildman–Crippen LogP) is 3.71. The Labute approximate surface area is 86.6 Å². The van der Waals surface area contributed by atoms with Crippen LogP contribution in [-0.2, 0) is 0 Å². The lowest BCUT2D eigenvalue weighted by Gasteiger charge is -2.02. The van der Waals surface area contributed by atoms with Gasteiger partial charge >= 0.3 is 0 Å². The van der Waals surface area contributed by atoms with Crippen molar-refractivity contribution in [2.24, 2.45) is 0 Å². The summed E-state index contributed by atoms with van der Waals surface area (Å²) in [5.41, 5.74) is -0.226. The molecule has 0 aliphatic heterocycles. The van der Waals surface area contributed by atoms with Crippen LogP contribution in [0.1, 0.15) is 10.4 Å². The van der Waals surface area contributed by atoms with Gasteiger partial charge in [-0.1, -0.05) is 23.2 Å². The van der Waals surface area contributed by atoms with Crippen LogP contribution >= 0.6 is 39.1 Å². The number of aldehydes is 1. The maximum atomic E-state index is 13.0. The maximum Gasteiger partial charge on any atom is 0.154 e. The molecule has 0 saturated heterocycles. The third-order valence-electron chi connectivity index (χ3n) is 1.26. The molecule has 0 heterocycles. The molecule has 0 aromatic heterocycles. The fourth-order valence-corrected chi connectivity index (χ4v) is 1.66. The number of hydrogen-bond donors (Lipinski definition) is 0. The molecular formula is C7H2BrCl2FO. The number of rotatable bonds is 1. The van der Waals surface area contributed by atoms with Crippen LogP contribution < -0.4 is 0 Å². The third kappa shape index (κ3) is 1.63. The van der Waals surface area contributed by atoms with Gasteiger partial charge in [-0.05, 0) is 22.0 Å². The topological polar surface area (TPSA) is 17.1 Å². The summed E-state index contributed by atoms with van der Waals surface area (Å²) in [4.78, 5) is 10.3. The van der Waals surface area contributed by atoms with Crippen molar-refractivity contribution < 1.29 is 9.18 Å². The maximum absolute atomic E-state index is 13.0. The van der Waals surface area contributed by atoms with Crippen LogP contribution in [0, 0.1) is 5.82 Å². The zero-order valence-corrected chi connectivity index (χ0v) is 8.67. The first kappa shape index (κ1) is 9.96. The van der Waals surface area contributed by atoms with E-state index in [-0.39, 0.29) is 15.6 Å². The molecule has 1 aromatic rings. The first-order valence-electron chi connectivity index (χ1n) is 2.86. The summed E-state index contributed by atoms with van der Waals surface area (Å²) in [5, 5.41) is -0.0970. The molecule has 1 rings (SSSR count). The average molecular weight is 272 g/mol. The molecule has 0 unspecified atom stereocenters. The molecule has 1 aromatic carbocycles. The summed E-state index contributed by atoms with van der Waals surface area (Å²) in [6.45, 7) is 0.